The van der Waals surface area contributed by atoms with E-state index in [1.54, 1.807) is 7.11 Å². The van der Waals surface area contributed by atoms with Crippen LogP contribution in [0.15, 0.2) is 18.2 Å². The van der Waals surface area contributed by atoms with E-state index in [1.165, 1.54) is 11.1 Å². The van der Waals surface area contributed by atoms with Crippen molar-refractivity contribution in [3.8, 4) is 0 Å². The third-order valence-electron chi connectivity index (χ3n) is 2.36. The van der Waals surface area contributed by atoms with Gasteiger partial charge in [-0.3, -0.25) is 0 Å². The Hall–Kier alpha value is -0.570. The van der Waals surface area contributed by atoms with Gasteiger partial charge in [-0.15, -0.1) is 0 Å². The van der Waals surface area contributed by atoms with Gasteiger partial charge < -0.3 is 10.1 Å². The number of nitrogens with one attached hydrogen (secondary N) is 1. The van der Waals surface area contributed by atoms with E-state index in [2.05, 4.69) is 18.3 Å². The first kappa shape index (κ1) is 12.5. The molecule has 0 saturated carbocycles. The van der Waals surface area contributed by atoms with Gasteiger partial charge in [-0.2, -0.15) is 0 Å². The highest BCUT2D eigenvalue weighted by atomic mass is 35.5. The van der Waals surface area contributed by atoms with Gasteiger partial charge in [0.1, 0.15) is 0 Å². The van der Waals surface area contributed by atoms with Crippen LogP contribution in [0, 0.1) is 6.92 Å². The molecule has 15 heavy (non-hydrogen) atoms. The smallest absolute Gasteiger partial charge is 0.0587 e. The predicted molar refractivity (Wildman–Crippen MR) is 64.6 cm³/mol. The fourth-order valence-electron chi connectivity index (χ4n) is 1.46. The second kappa shape index (κ2) is 6.83. The number of halogens is 1. The van der Waals surface area contributed by atoms with Crippen LogP contribution in [0.4, 0.5) is 0 Å². The lowest BCUT2D eigenvalue weighted by atomic mass is 10.1. The average Bonchev–Trinajstić information content (AvgIpc) is 2.20. The lowest BCUT2D eigenvalue weighted by Crippen LogP contribution is -2.21. The topological polar surface area (TPSA) is 21.3 Å². The van der Waals surface area contributed by atoms with Gasteiger partial charge in [0, 0.05) is 18.7 Å². The van der Waals surface area contributed by atoms with Crippen molar-refractivity contribution in [2.75, 3.05) is 26.8 Å². The molecule has 0 aliphatic carbocycles. The zero-order valence-electron chi connectivity index (χ0n) is 9.35. The monoisotopic (exact) mass is 227 g/mol. The number of rotatable bonds is 6. The molecule has 1 aromatic rings. The Kier molecular flexibility index (Phi) is 5.69. The van der Waals surface area contributed by atoms with Crippen LogP contribution in [0.2, 0.25) is 5.02 Å². The van der Waals surface area contributed by atoms with Crippen molar-refractivity contribution in [3.05, 3.63) is 34.3 Å². The summed E-state index contributed by atoms with van der Waals surface area (Å²) in [6.07, 6.45) is 1.03. The fraction of sp³-hybridized carbons (Fsp3) is 0.500. The molecule has 0 spiro atoms. The quantitative estimate of drug-likeness (QED) is 0.754. The summed E-state index contributed by atoms with van der Waals surface area (Å²) < 4.78 is 4.95. The Labute approximate surface area is 96.6 Å². The normalized spacial score (nSPS) is 10.6. The lowest BCUT2D eigenvalue weighted by molar-refractivity contribution is 0.199. The molecule has 0 fully saturated rings. The molecule has 1 aromatic carbocycles. The van der Waals surface area contributed by atoms with Gasteiger partial charge in [-0.05, 0) is 43.1 Å². The average molecular weight is 228 g/mol. The summed E-state index contributed by atoms with van der Waals surface area (Å²) in [5, 5.41) is 4.13. The second-order valence-corrected chi connectivity index (χ2v) is 4.00. The van der Waals surface area contributed by atoms with E-state index in [4.69, 9.17) is 16.3 Å². The van der Waals surface area contributed by atoms with E-state index in [0.717, 1.165) is 31.1 Å². The van der Waals surface area contributed by atoms with Crippen LogP contribution in [-0.2, 0) is 11.2 Å². The Morgan fingerprint density at radius 1 is 1.33 bits per heavy atom. The Morgan fingerprint density at radius 2 is 2.13 bits per heavy atom. The van der Waals surface area contributed by atoms with Gasteiger partial charge in [-0.25, -0.2) is 0 Å². The summed E-state index contributed by atoms with van der Waals surface area (Å²) in [5.41, 5.74) is 2.61. The van der Waals surface area contributed by atoms with Crippen molar-refractivity contribution in [1.82, 2.24) is 5.32 Å². The van der Waals surface area contributed by atoms with Crippen molar-refractivity contribution in [1.29, 1.82) is 0 Å². The first-order valence-corrected chi connectivity index (χ1v) is 5.56. The number of ether oxygens (including phenoxy) is 1. The molecule has 1 rings (SSSR count). The molecule has 0 aliphatic heterocycles. The van der Waals surface area contributed by atoms with Crippen LogP contribution in [0.3, 0.4) is 0 Å². The number of aryl methyl sites for hydroxylation is 1. The molecular formula is C12H18ClNO. The van der Waals surface area contributed by atoms with Gasteiger partial charge in [0.15, 0.2) is 0 Å². The molecule has 1 N–H and O–H groups in total. The molecule has 84 valence electrons. The van der Waals surface area contributed by atoms with Crippen LogP contribution in [0.1, 0.15) is 11.1 Å². The van der Waals surface area contributed by atoms with E-state index in [9.17, 15) is 0 Å². The summed E-state index contributed by atoms with van der Waals surface area (Å²) in [7, 11) is 1.71. The van der Waals surface area contributed by atoms with Crippen molar-refractivity contribution in [2.45, 2.75) is 13.3 Å². The zero-order valence-corrected chi connectivity index (χ0v) is 10.1. The summed E-state index contributed by atoms with van der Waals surface area (Å²) in [6, 6.07) is 6.04. The summed E-state index contributed by atoms with van der Waals surface area (Å²) >= 11 is 5.89. The number of methoxy groups -OCH3 is 1. The molecule has 0 unspecified atom stereocenters. The first-order chi connectivity index (χ1) is 7.24. The van der Waals surface area contributed by atoms with Crippen LogP contribution < -0.4 is 5.32 Å². The van der Waals surface area contributed by atoms with Crippen LogP contribution in [0.5, 0.6) is 0 Å². The van der Waals surface area contributed by atoms with E-state index >= 15 is 0 Å². The van der Waals surface area contributed by atoms with Crippen molar-refractivity contribution in [2.24, 2.45) is 0 Å². The molecule has 0 radical (unpaired) electrons. The third kappa shape index (κ3) is 4.65. The largest absolute Gasteiger partial charge is 0.383 e. The maximum Gasteiger partial charge on any atom is 0.0587 e. The van der Waals surface area contributed by atoms with E-state index in [0.29, 0.717) is 0 Å². The minimum Gasteiger partial charge on any atom is -0.383 e. The second-order valence-electron chi connectivity index (χ2n) is 3.56. The molecule has 0 saturated heterocycles. The molecule has 0 aliphatic rings. The van der Waals surface area contributed by atoms with Gasteiger partial charge in [0.2, 0.25) is 0 Å². The molecular weight excluding hydrogens is 210 g/mol. The zero-order chi connectivity index (χ0) is 11.1. The Morgan fingerprint density at radius 3 is 2.80 bits per heavy atom. The van der Waals surface area contributed by atoms with Gasteiger partial charge in [0.25, 0.3) is 0 Å². The summed E-state index contributed by atoms with van der Waals surface area (Å²) in [4.78, 5) is 0. The van der Waals surface area contributed by atoms with E-state index < -0.39 is 0 Å². The van der Waals surface area contributed by atoms with E-state index in [1.807, 2.05) is 12.1 Å². The molecule has 2 nitrogen and oxygen atoms in total. The number of hydrogen-bond acceptors (Lipinski definition) is 2. The van der Waals surface area contributed by atoms with Crippen molar-refractivity contribution < 1.29 is 4.74 Å². The molecule has 0 aromatic heterocycles. The molecule has 0 bridgehead atoms. The third-order valence-corrected chi connectivity index (χ3v) is 2.59. The first-order valence-electron chi connectivity index (χ1n) is 5.18. The van der Waals surface area contributed by atoms with Gasteiger partial charge in [0.05, 0.1) is 6.61 Å². The SMILES string of the molecule is COCCNCCc1ccc(Cl)cc1C. The summed E-state index contributed by atoms with van der Waals surface area (Å²) in [5.74, 6) is 0. The standard InChI is InChI=1S/C12H18ClNO/c1-10-9-12(13)4-3-11(10)5-6-14-7-8-15-2/h3-4,9,14H,5-8H2,1-2H3. The Bertz CT molecular complexity index is 302. The van der Waals surface area contributed by atoms with Crippen molar-refractivity contribution in [3.63, 3.8) is 0 Å². The van der Waals surface area contributed by atoms with Crippen LogP contribution in [0.25, 0.3) is 0 Å². The summed E-state index contributed by atoms with van der Waals surface area (Å²) in [6.45, 7) is 4.74. The maximum absolute atomic E-state index is 5.89. The molecule has 0 atom stereocenters. The minimum atomic E-state index is 0.763. The Balaban J connectivity index is 2.31. The number of benzene rings is 1. The highest BCUT2D eigenvalue weighted by Crippen LogP contribution is 2.15. The van der Waals surface area contributed by atoms with Crippen LogP contribution in [-0.4, -0.2) is 26.8 Å². The van der Waals surface area contributed by atoms with Gasteiger partial charge >= 0.3 is 0 Å². The van der Waals surface area contributed by atoms with E-state index in [-0.39, 0.29) is 0 Å². The lowest BCUT2D eigenvalue weighted by Gasteiger charge is -2.07. The van der Waals surface area contributed by atoms with Crippen molar-refractivity contribution >= 4 is 11.6 Å². The number of hydrogen-bond donors (Lipinski definition) is 1. The highest BCUT2D eigenvalue weighted by Gasteiger charge is 1.98. The minimum absolute atomic E-state index is 0.763. The maximum atomic E-state index is 5.89. The molecule has 3 heteroatoms. The fourth-order valence-corrected chi connectivity index (χ4v) is 1.69. The van der Waals surface area contributed by atoms with Crippen LogP contribution >= 0.6 is 11.6 Å². The predicted octanol–water partition coefficient (Wildman–Crippen LogP) is 2.43. The van der Waals surface area contributed by atoms with Gasteiger partial charge in [-0.1, -0.05) is 17.7 Å². The highest BCUT2D eigenvalue weighted by molar-refractivity contribution is 6.30. The molecule has 0 amide bonds. The molecule has 0 heterocycles.